The first kappa shape index (κ1) is 12.5. The summed E-state index contributed by atoms with van der Waals surface area (Å²) in [4.78, 5) is 15.9. The molecule has 0 saturated heterocycles. The molecule has 0 spiro atoms. The van der Waals surface area contributed by atoms with Gasteiger partial charge in [-0.2, -0.15) is 0 Å². The Morgan fingerprint density at radius 2 is 2.35 bits per heavy atom. The van der Waals surface area contributed by atoms with Crippen molar-refractivity contribution < 1.29 is 4.79 Å². The molecule has 1 heterocycles. The third-order valence-corrected chi connectivity index (χ3v) is 4.12. The van der Waals surface area contributed by atoms with E-state index < -0.39 is 0 Å². The molecule has 2 unspecified atom stereocenters. The number of hydrogen-bond donors (Lipinski definition) is 2. The zero-order valence-corrected chi connectivity index (χ0v) is 10.7. The van der Waals surface area contributed by atoms with Crippen molar-refractivity contribution in [3.63, 3.8) is 0 Å². The summed E-state index contributed by atoms with van der Waals surface area (Å²) >= 11 is 1.56. The highest BCUT2D eigenvalue weighted by molar-refractivity contribution is 7.09. The molecular formula is C12H19N3OS. The van der Waals surface area contributed by atoms with E-state index in [0.717, 1.165) is 17.8 Å². The Morgan fingerprint density at radius 1 is 1.53 bits per heavy atom. The van der Waals surface area contributed by atoms with Crippen molar-refractivity contribution in [2.24, 2.45) is 11.7 Å². The Balaban J connectivity index is 1.73. The van der Waals surface area contributed by atoms with Crippen molar-refractivity contribution in [3.8, 4) is 0 Å². The van der Waals surface area contributed by atoms with Crippen LogP contribution in [0.4, 0.5) is 0 Å². The molecule has 1 aliphatic rings. The molecule has 4 nitrogen and oxygen atoms in total. The van der Waals surface area contributed by atoms with E-state index in [9.17, 15) is 4.79 Å². The van der Waals surface area contributed by atoms with E-state index in [1.54, 1.807) is 17.5 Å². The molecule has 1 aromatic rings. The van der Waals surface area contributed by atoms with Gasteiger partial charge in [0, 0.05) is 24.0 Å². The molecule has 5 heteroatoms. The first-order valence-corrected chi connectivity index (χ1v) is 7.04. The first-order valence-electron chi connectivity index (χ1n) is 6.16. The molecule has 94 valence electrons. The Morgan fingerprint density at radius 3 is 3.06 bits per heavy atom. The maximum atomic E-state index is 11.8. The van der Waals surface area contributed by atoms with E-state index in [2.05, 4.69) is 10.3 Å². The molecule has 1 aliphatic carbocycles. The monoisotopic (exact) mass is 253 g/mol. The summed E-state index contributed by atoms with van der Waals surface area (Å²) < 4.78 is 0. The van der Waals surface area contributed by atoms with Crippen LogP contribution < -0.4 is 11.1 Å². The molecule has 0 aromatic carbocycles. The van der Waals surface area contributed by atoms with Gasteiger partial charge in [0.25, 0.3) is 0 Å². The molecule has 0 bridgehead atoms. The highest BCUT2D eigenvalue weighted by Crippen LogP contribution is 2.25. The van der Waals surface area contributed by atoms with Gasteiger partial charge in [0.15, 0.2) is 0 Å². The summed E-state index contributed by atoms with van der Waals surface area (Å²) in [6, 6.07) is 0.203. The molecule has 1 amide bonds. The Kier molecular flexibility index (Phi) is 4.50. The molecule has 17 heavy (non-hydrogen) atoms. The number of carbonyl (C=O) groups excluding carboxylic acids is 1. The van der Waals surface area contributed by atoms with Crippen LogP contribution in [0.25, 0.3) is 0 Å². The summed E-state index contributed by atoms with van der Waals surface area (Å²) in [5.74, 6) is 0.461. The molecule has 1 aromatic heterocycles. The molecule has 3 N–H and O–H groups in total. The highest BCUT2D eigenvalue weighted by Gasteiger charge is 2.23. The normalized spacial score (nSPS) is 24.5. The SMILES string of the molecule is NC1CCCCC1CC(=O)NCc1nccs1. The van der Waals surface area contributed by atoms with Gasteiger partial charge >= 0.3 is 0 Å². The van der Waals surface area contributed by atoms with Crippen LogP contribution in [0.15, 0.2) is 11.6 Å². The lowest BCUT2D eigenvalue weighted by atomic mass is 9.83. The maximum absolute atomic E-state index is 11.8. The topological polar surface area (TPSA) is 68.0 Å². The maximum Gasteiger partial charge on any atom is 0.220 e. The minimum Gasteiger partial charge on any atom is -0.350 e. The van der Waals surface area contributed by atoms with E-state index in [-0.39, 0.29) is 11.9 Å². The fraction of sp³-hybridized carbons (Fsp3) is 0.667. The van der Waals surface area contributed by atoms with Crippen LogP contribution in [0, 0.1) is 5.92 Å². The molecule has 1 saturated carbocycles. The van der Waals surface area contributed by atoms with Gasteiger partial charge in [0.1, 0.15) is 5.01 Å². The lowest BCUT2D eigenvalue weighted by Crippen LogP contribution is -2.36. The van der Waals surface area contributed by atoms with Gasteiger partial charge in [0.05, 0.1) is 6.54 Å². The van der Waals surface area contributed by atoms with E-state index in [4.69, 9.17) is 5.73 Å². The number of nitrogens with one attached hydrogen (secondary N) is 1. The second-order valence-electron chi connectivity index (χ2n) is 4.62. The van der Waals surface area contributed by atoms with Crippen LogP contribution in [0.1, 0.15) is 37.1 Å². The second-order valence-corrected chi connectivity index (χ2v) is 5.59. The predicted octanol–water partition coefficient (Wildman–Crippen LogP) is 1.67. The summed E-state index contributed by atoms with van der Waals surface area (Å²) in [6.45, 7) is 0.540. The van der Waals surface area contributed by atoms with Gasteiger partial charge in [-0.15, -0.1) is 11.3 Å². The number of nitrogens with two attached hydrogens (primary N) is 1. The van der Waals surface area contributed by atoms with Gasteiger partial charge in [-0.1, -0.05) is 12.8 Å². The Labute approximate surface area is 106 Å². The minimum atomic E-state index is 0.0996. The van der Waals surface area contributed by atoms with Crippen molar-refractivity contribution in [3.05, 3.63) is 16.6 Å². The van der Waals surface area contributed by atoms with E-state index >= 15 is 0 Å². The summed E-state index contributed by atoms with van der Waals surface area (Å²) in [7, 11) is 0. The van der Waals surface area contributed by atoms with Crippen LogP contribution in [-0.4, -0.2) is 16.9 Å². The van der Waals surface area contributed by atoms with Gasteiger partial charge < -0.3 is 11.1 Å². The molecule has 2 atom stereocenters. The summed E-state index contributed by atoms with van der Waals surface area (Å²) in [6.07, 6.45) is 6.88. The molecule has 2 rings (SSSR count). The predicted molar refractivity (Wildman–Crippen MR) is 68.5 cm³/mol. The number of thiazole rings is 1. The van der Waals surface area contributed by atoms with Gasteiger partial charge in [-0.05, 0) is 18.8 Å². The number of nitrogens with zero attached hydrogens (tertiary/aromatic N) is 1. The lowest BCUT2D eigenvalue weighted by Gasteiger charge is -2.27. The molecule has 0 radical (unpaired) electrons. The fourth-order valence-electron chi connectivity index (χ4n) is 2.31. The smallest absolute Gasteiger partial charge is 0.220 e. The zero-order valence-electron chi connectivity index (χ0n) is 9.89. The van der Waals surface area contributed by atoms with Crippen molar-refractivity contribution in [1.29, 1.82) is 0 Å². The number of carbonyl (C=O) groups is 1. The van der Waals surface area contributed by atoms with Crippen LogP contribution in [0.3, 0.4) is 0 Å². The standard InChI is InChI=1S/C12H19N3OS/c13-10-4-2-1-3-9(10)7-11(16)15-8-12-14-5-6-17-12/h5-6,9-10H,1-4,7-8,13H2,(H,15,16). The third-order valence-electron chi connectivity index (χ3n) is 3.34. The van der Waals surface area contributed by atoms with Crippen LogP contribution >= 0.6 is 11.3 Å². The van der Waals surface area contributed by atoms with Crippen molar-refractivity contribution in [2.75, 3.05) is 0 Å². The minimum absolute atomic E-state index is 0.0996. The molecular weight excluding hydrogens is 234 g/mol. The van der Waals surface area contributed by atoms with E-state index in [1.807, 2.05) is 5.38 Å². The Bertz CT molecular complexity index is 353. The van der Waals surface area contributed by atoms with Crippen LogP contribution in [-0.2, 0) is 11.3 Å². The van der Waals surface area contributed by atoms with Gasteiger partial charge in [0.2, 0.25) is 5.91 Å². The average Bonchev–Trinajstić information content (AvgIpc) is 2.82. The zero-order chi connectivity index (χ0) is 12.1. The first-order chi connectivity index (χ1) is 8.25. The molecule has 1 fully saturated rings. The number of rotatable bonds is 4. The second kappa shape index (κ2) is 6.12. The number of aromatic nitrogens is 1. The average molecular weight is 253 g/mol. The largest absolute Gasteiger partial charge is 0.350 e. The summed E-state index contributed by atoms with van der Waals surface area (Å²) in [5.41, 5.74) is 6.03. The summed E-state index contributed by atoms with van der Waals surface area (Å²) in [5, 5.41) is 5.77. The van der Waals surface area contributed by atoms with Crippen molar-refractivity contribution in [2.45, 2.75) is 44.7 Å². The quantitative estimate of drug-likeness (QED) is 0.857. The molecule has 0 aliphatic heterocycles. The van der Waals surface area contributed by atoms with Crippen molar-refractivity contribution >= 4 is 17.2 Å². The lowest BCUT2D eigenvalue weighted by molar-refractivity contribution is -0.122. The fourth-order valence-corrected chi connectivity index (χ4v) is 2.87. The third kappa shape index (κ3) is 3.78. The van der Waals surface area contributed by atoms with Crippen LogP contribution in [0.2, 0.25) is 0 Å². The van der Waals surface area contributed by atoms with Crippen LogP contribution in [0.5, 0.6) is 0 Å². The number of hydrogen-bond acceptors (Lipinski definition) is 4. The van der Waals surface area contributed by atoms with E-state index in [0.29, 0.717) is 18.9 Å². The number of amides is 1. The van der Waals surface area contributed by atoms with Gasteiger partial charge in [-0.3, -0.25) is 4.79 Å². The van der Waals surface area contributed by atoms with E-state index in [1.165, 1.54) is 12.8 Å². The Hall–Kier alpha value is -0.940. The van der Waals surface area contributed by atoms with Gasteiger partial charge in [-0.25, -0.2) is 4.98 Å². The highest BCUT2D eigenvalue weighted by atomic mass is 32.1. The van der Waals surface area contributed by atoms with Crippen molar-refractivity contribution in [1.82, 2.24) is 10.3 Å².